The van der Waals surface area contributed by atoms with E-state index in [0.29, 0.717) is 11.3 Å². The summed E-state index contributed by atoms with van der Waals surface area (Å²) in [6, 6.07) is 13.5. The molecule has 1 aliphatic rings. The quantitative estimate of drug-likeness (QED) is 0.176. The maximum Gasteiger partial charge on any atom is 0.250 e. The summed E-state index contributed by atoms with van der Waals surface area (Å²) in [7, 11) is -2.64. The predicted molar refractivity (Wildman–Crippen MR) is 165 cm³/mol. The van der Waals surface area contributed by atoms with E-state index in [1.807, 2.05) is 24.3 Å². The van der Waals surface area contributed by atoms with Gasteiger partial charge in [-0.1, -0.05) is 30.3 Å². The molecule has 1 aromatic heterocycles. The number of allylic oxidation sites excluding steroid dienone is 1. The molecule has 1 saturated heterocycles. The van der Waals surface area contributed by atoms with Gasteiger partial charge in [0.15, 0.2) is 11.2 Å². The Hall–Kier alpha value is -3.42. The second-order valence-electron chi connectivity index (χ2n) is 10.6. The second kappa shape index (κ2) is 15.0. The van der Waals surface area contributed by atoms with Crippen molar-refractivity contribution in [1.82, 2.24) is 19.7 Å². The van der Waals surface area contributed by atoms with Crippen LogP contribution in [-0.2, 0) is 37.4 Å². The number of rotatable bonds is 14. The number of benzene rings is 2. The number of anilines is 1. The molecule has 0 unspecified atom stereocenters. The summed E-state index contributed by atoms with van der Waals surface area (Å²) < 4.78 is 45.9. The number of ether oxygens (including phenoxy) is 3. The van der Waals surface area contributed by atoms with Crippen molar-refractivity contribution in [3.8, 4) is 6.07 Å². The lowest BCUT2D eigenvalue weighted by Crippen LogP contribution is -2.54. The molecule has 44 heavy (non-hydrogen) atoms. The number of nitriles is 1. The van der Waals surface area contributed by atoms with E-state index in [-0.39, 0.29) is 26.3 Å². The molecule has 13 nitrogen and oxygen atoms in total. The minimum absolute atomic E-state index is 0.0328. The second-order valence-corrected chi connectivity index (χ2v) is 12.3. The lowest BCUT2D eigenvalue weighted by Gasteiger charge is -2.40. The maximum atomic E-state index is 12.8. The van der Waals surface area contributed by atoms with Gasteiger partial charge in [0, 0.05) is 38.3 Å². The van der Waals surface area contributed by atoms with Crippen molar-refractivity contribution >= 4 is 32.6 Å². The Balaban J connectivity index is 1.28. The molecule has 0 aliphatic carbocycles. The summed E-state index contributed by atoms with van der Waals surface area (Å²) in [4.78, 5) is 1.85. The Kier molecular flexibility index (Phi) is 11.4. The molecule has 3 aromatic rings. The first kappa shape index (κ1) is 33.5. The topological polar surface area (TPSA) is 172 Å². The average molecular weight is 629 g/mol. The zero-order chi connectivity index (χ0) is 31.9. The van der Waals surface area contributed by atoms with Crippen LogP contribution in [0.25, 0.3) is 16.8 Å². The van der Waals surface area contributed by atoms with Crippen LogP contribution >= 0.6 is 0 Å². The van der Waals surface area contributed by atoms with Crippen molar-refractivity contribution < 1.29 is 32.8 Å². The molecule has 0 spiro atoms. The third-order valence-corrected chi connectivity index (χ3v) is 9.07. The Morgan fingerprint density at radius 1 is 1.18 bits per heavy atom. The van der Waals surface area contributed by atoms with E-state index >= 15 is 0 Å². The zero-order valence-electron chi connectivity index (χ0n) is 25.3. The third-order valence-electron chi connectivity index (χ3n) is 7.69. The van der Waals surface area contributed by atoms with Crippen LogP contribution in [0.5, 0.6) is 0 Å². The standard InChI is InChI=1S/C30H40N6O7S/c1-5-35(6-2)25-10-9-22-13-21(7-8-23(22)15-25)14-26(16-31)44(39,40)32-11-12-42-19-24-17-36(34-33-24)18-27-28(37)20(3)29(38)30(41-4)43-27/h7-10,13-15,17,20,27-30,32,37-38H,5-6,11-12,18-19H2,1-4H3/b26-14+/t20-,27+,28-,29+,30-/m0/s1. The summed E-state index contributed by atoms with van der Waals surface area (Å²) in [6.07, 6.45) is -0.416. The van der Waals surface area contributed by atoms with Crippen molar-refractivity contribution in [1.29, 1.82) is 5.26 Å². The van der Waals surface area contributed by atoms with Crippen LogP contribution in [0.15, 0.2) is 47.5 Å². The number of hydrogen-bond donors (Lipinski definition) is 3. The molecular weight excluding hydrogens is 588 g/mol. The van der Waals surface area contributed by atoms with Crippen molar-refractivity contribution in [3.05, 3.63) is 58.8 Å². The average Bonchev–Trinajstić information content (AvgIpc) is 3.47. The molecular formula is C30H40N6O7S. The van der Waals surface area contributed by atoms with Crippen LogP contribution in [0.1, 0.15) is 32.0 Å². The fourth-order valence-corrected chi connectivity index (χ4v) is 6.02. The van der Waals surface area contributed by atoms with E-state index < -0.39 is 45.4 Å². The monoisotopic (exact) mass is 628 g/mol. The van der Waals surface area contributed by atoms with Crippen molar-refractivity contribution in [2.45, 2.75) is 58.5 Å². The normalized spacial score (nSPS) is 22.7. The number of methoxy groups -OCH3 is 1. The van der Waals surface area contributed by atoms with Gasteiger partial charge in [-0.3, -0.25) is 0 Å². The highest BCUT2D eigenvalue weighted by molar-refractivity contribution is 7.93. The Bertz CT molecular complexity index is 1580. The van der Waals surface area contributed by atoms with Gasteiger partial charge in [0.25, 0.3) is 10.0 Å². The lowest BCUT2D eigenvalue weighted by molar-refractivity contribution is -0.277. The van der Waals surface area contributed by atoms with Crippen LogP contribution in [0.4, 0.5) is 5.69 Å². The Morgan fingerprint density at radius 2 is 1.91 bits per heavy atom. The van der Waals surface area contributed by atoms with Gasteiger partial charge in [-0.05, 0) is 54.5 Å². The van der Waals surface area contributed by atoms with Crippen LogP contribution in [0, 0.1) is 17.2 Å². The van der Waals surface area contributed by atoms with E-state index in [1.165, 1.54) is 17.9 Å². The number of nitrogens with zero attached hydrogens (tertiary/aromatic N) is 5. The highest BCUT2D eigenvalue weighted by atomic mass is 32.2. The van der Waals surface area contributed by atoms with Crippen LogP contribution in [0.3, 0.4) is 0 Å². The highest BCUT2D eigenvalue weighted by Gasteiger charge is 2.42. The molecule has 0 radical (unpaired) electrons. The predicted octanol–water partition coefficient (Wildman–Crippen LogP) is 2.01. The van der Waals surface area contributed by atoms with E-state index in [2.05, 4.69) is 39.8 Å². The summed E-state index contributed by atoms with van der Waals surface area (Å²) >= 11 is 0. The van der Waals surface area contributed by atoms with Gasteiger partial charge in [0.05, 0.1) is 32.1 Å². The third kappa shape index (κ3) is 7.99. The van der Waals surface area contributed by atoms with Crippen molar-refractivity contribution in [2.24, 2.45) is 5.92 Å². The molecule has 14 heteroatoms. The van der Waals surface area contributed by atoms with Gasteiger partial charge in [-0.25, -0.2) is 17.8 Å². The van der Waals surface area contributed by atoms with Crippen molar-refractivity contribution in [3.63, 3.8) is 0 Å². The molecule has 238 valence electrons. The van der Waals surface area contributed by atoms with E-state index in [4.69, 9.17) is 14.2 Å². The van der Waals surface area contributed by atoms with Crippen LogP contribution in [0.2, 0.25) is 0 Å². The van der Waals surface area contributed by atoms with Crippen LogP contribution < -0.4 is 9.62 Å². The molecule has 5 atom stereocenters. The largest absolute Gasteiger partial charge is 0.390 e. The van der Waals surface area contributed by atoms with Gasteiger partial charge in [0.2, 0.25) is 0 Å². The molecule has 0 saturated carbocycles. The molecule has 1 aliphatic heterocycles. The number of hydrogen-bond acceptors (Lipinski definition) is 11. The molecule has 3 N–H and O–H groups in total. The SMILES string of the molecule is CCN(CC)c1ccc2cc(/C=C(\C#N)S(=O)(=O)NCCOCc3cn(C[C@H]4O[C@H](OC)[C@H](O)[C@@H](C)[C@@H]4O)nn3)ccc2c1. The van der Waals surface area contributed by atoms with E-state index in [1.54, 1.807) is 25.3 Å². The summed E-state index contributed by atoms with van der Waals surface area (Å²) in [5, 5.41) is 40.2. The fourth-order valence-electron chi connectivity index (χ4n) is 5.10. The smallest absolute Gasteiger partial charge is 0.250 e. The van der Waals surface area contributed by atoms with Gasteiger partial charge in [0.1, 0.15) is 24.0 Å². The summed E-state index contributed by atoms with van der Waals surface area (Å²) in [5.74, 6) is -0.455. The van der Waals surface area contributed by atoms with Crippen LogP contribution in [-0.4, -0.2) is 91.6 Å². The number of sulfonamides is 1. The molecule has 0 amide bonds. The maximum absolute atomic E-state index is 12.8. The minimum atomic E-state index is -4.06. The molecule has 0 bridgehead atoms. The van der Waals surface area contributed by atoms with Gasteiger partial charge < -0.3 is 29.3 Å². The zero-order valence-corrected chi connectivity index (χ0v) is 26.1. The fraction of sp³-hybridized carbons (Fsp3) is 0.500. The van der Waals surface area contributed by atoms with E-state index in [9.17, 15) is 23.9 Å². The minimum Gasteiger partial charge on any atom is -0.390 e. The number of nitrogens with one attached hydrogen (secondary N) is 1. The number of fused-ring (bicyclic) bond motifs is 1. The van der Waals surface area contributed by atoms with E-state index in [0.717, 1.165) is 29.5 Å². The molecule has 1 fully saturated rings. The summed E-state index contributed by atoms with van der Waals surface area (Å²) in [6.45, 7) is 7.95. The first-order valence-corrected chi connectivity index (χ1v) is 16.0. The van der Waals surface area contributed by atoms with Gasteiger partial charge in [-0.15, -0.1) is 5.10 Å². The molecule has 2 aromatic carbocycles. The number of aromatic nitrogens is 3. The first-order chi connectivity index (χ1) is 21.1. The summed E-state index contributed by atoms with van der Waals surface area (Å²) in [5.41, 5.74) is 2.21. The molecule has 4 rings (SSSR count). The first-order valence-electron chi connectivity index (χ1n) is 14.5. The highest BCUT2D eigenvalue weighted by Crippen LogP contribution is 2.27. The Labute approximate surface area is 257 Å². The van der Waals surface area contributed by atoms with Gasteiger partial charge in [-0.2, -0.15) is 5.26 Å². The van der Waals surface area contributed by atoms with Gasteiger partial charge >= 0.3 is 0 Å². The number of aliphatic hydroxyl groups excluding tert-OH is 2. The lowest BCUT2D eigenvalue weighted by atomic mass is 9.90. The number of aliphatic hydroxyl groups is 2. The van der Waals surface area contributed by atoms with Crippen molar-refractivity contribution in [2.75, 3.05) is 38.3 Å². The molecule has 2 heterocycles. The Morgan fingerprint density at radius 3 is 2.61 bits per heavy atom.